The zero-order valence-corrected chi connectivity index (χ0v) is 20.0. The van der Waals surface area contributed by atoms with Crippen molar-refractivity contribution >= 4 is 49.8 Å². The van der Waals surface area contributed by atoms with Crippen molar-refractivity contribution < 1.29 is 24.4 Å². The van der Waals surface area contributed by atoms with Gasteiger partial charge in [0.05, 0.1) is 33.9 Å². The molecule has 0 bridgehead atoms. The van der Waals surface area contributed by atoms with Crippen molar-refractivity contribution in [2.45, 2.75) is 13.0 Å². The zero-order valence-electron chi connectivity index (χ0n) is 19.2. The second kappa shape index (κ2) is 8.90. The first-order valence-corrected chi connectivity index (χ1v) is 11.7. The Hall–Kier alpha value is -4.57. The highest BCUT2D eigenvalue weighted by molar-refractivity contribution is 7.22. The number of nitro benzene ring substituents is 1. The molecule has 0 aliphatic carbocycles. The van der Waals surface area contributed by atoms with E-state index in [4.69, 9.17) is 4.74 Å². The smallest absolute Gasteiger partial charge is 0.301 e. The number of nitro groups is 1. The lowest BCUT2D eigenvalue weighted by Gasteiger charge is -2.23. The summed E-state index contributed by atoms with van der Waals surface area (Å²) in [4.78, 5) is 43.2. The van der Waals surface area contributed by atoms with Crippen LogP contribution >= 0.6 is 11.3 Å². The summed E-state index contributed by atoms with van der Waals surface area (Å²) in [5.74, 6) is -1.79. The van der Waals surface area contributed by atoms with Crippen LogP contribution in [-0.4, -0.2) is 33.8 Å². The summed E-state index contributed by atoms with van der Waals surface area (Å²) >= 11 is 1.26. The lowest BCUT2D eigenvalue weighted by Crippen LogP contribution is -2.29. The molecule has 36 heavy (non-hydrogen) atoms. The summed E-state index contributed by atoms with van der Waals surface area (Å²) in [6, 6.07) is 16.7. The minimum atomic E-state index is -1.03. The Kier molecular flexibility index (Phi) is 5.73. The number of hydrogen-bond donors (Lipinski definition) is 1. The van der Waals surface area contributed by atoms with E-state index < -0.39 is 28.4 Å². The maximum absolute atomic E-state index is 13.4. The summed E-state index contributed by atoms with van der Waals surface area (Å²) in [5, 5.41) is 22.8. The molecular formula is C26H19N3O6S. The summed E-state index contributed by atoms with van der Waals surface area (Å²) in [7, 11) is 1.50. The fraction of sp³-hybridized carbons (Fsp3) is 0.115. The van der Waals surface area contributed by atoms with Gasteiger partial charge in [0.25, 0.3) is 11.5 Å². The Labute approximate surface area is 209 Å². The van der Waals surface area contributed by atoms with Gasteiger partial charge in [0.1, 0.15) is 11.5 Å². The molecule has 4 aromatic rings. The predicted molar refractivity (Wildman–Crippen MR) is 135 cm³/mol. The minimum Gasteiger partial charge on any atom is -0.507 e. The molecule has 3 aromatic carbocycles. The monoisotopic (exact) mass is 501 g/mol. The quantitative estimate of drug-likeness (QED) is 0.132. The first-order valence-electron chi connectivity index (χ1n) is 10.9. The molecular weight excluding hydrogens is 482 g/mol. The first kappa shape index (κ1) is 23.2. The standard InChI is InChI=1S/C26H19N3O6S/c1-14-9-10-19-20(11-14)36-26(27-19)28-22(15-5-4-8-18(13-15)35-2)21(24(31)25(28)32)23(30)16-6-3-7-17(12-16)29(33)34/h3-13,22,30H,1-2H3/b23-21+. The second-order valence-corrected chi connectivity index (χ2v) is 9.23. The Morgan fingerprint density at radius 3 is 2.64 bits per heavy atom. The topological polar surface area (TPSA) is 123 Å². The fourth-order valence-electron chi connectivity index (χ4n) is 4.20. The molecule has 1 unspecified atom stereocenters. The van der Waals surface area contributed by atoms with Gasteiger partial charge in [-0.15, -0.1) is 0 Å². The number of aliphatic hydroxyl groups excluding tert-OH is 1. The third kappa shape index (κ3) is 3.87. The maximum atomic E-state index is 13.4. The van der Waals surface area contributed by atoms with Crippen LogP contribution in [0, 0.1) is 17.0 Å². The van der Waals surface area contributed by atoms with Gasteiger partial charge in [-0.3, -0.25) is 24.6 Å². The number of aliphatic hydroxyl groups is 1. The largest absolute Gasteiger partial charge is 0.507 e. The Morgan fingerprint density at radius 2 is 1.89 bits per heavy atom. The number of nitrogens with zero attached hydrogens (tertiary/aromatic N) is 3. The molecule has 180 valence electrons. The Bertz CT molecular complexity index is 1590. The summed E-state index contributed by atoms with van der Waals surface area (Å²) in [6.45, 7) is 1.94. The molecule has 1 amide bonds. The molecule has 1 fully saturated rings. The Balaban J connectivity index is 1.74. The number of methoxy groups -OCH3 is 1. The van der Waals surface area contributed by atoms with Gasteiger partial charge in [-0.05, 0) is 42.3 Å². The van der Waals surface area contributed by atoms with Crippen molar-refractivity contribution in [1.82, 2.24) is 4.98 Å². The third-order valence-electron chi connectivity index (χ3n) is 5.92. The highest BCUT2D eigenvalue weighted by Gasteiger charge is 2.48. The number of benzene rings is 3. The fourth-order valence-corrected chi connectivity index (χ4v) is 5.29. The van der Waals surface area contributed by atoms with Crippen molar-refractivity contribution in [3.63, 3.8) is 0 Å². The molecule has 10 heteroatoms. The summed E-state index contributed by atoms with van der Waals surface area (Å²) in [5.41, 5.74) is 1.81. The van der Waals surface area contributed by atoms with Gasteiger partial charge >= 0.3 is 5.91 Å². The van der Waals surface area contributed by atoms with Gasteiger partial charge in [0.15, 0.2) is 5.13 Å². The number of carbonyl (C=O) groups is 2. The number of rotatable bonds is 5. The number of anilines is 1. The molecule has 9 nitrogen and oxygen atoms in total. The molecule has 1 N–H and O–H groups in total. The number of ether oxygens (including phenoxy) is 1. The van der Waals surface area contributed by atoms with Gasteiger partial charge in [-0.1, -0.05) is 41.7 Å². The number of ketones is 1. The van der Waals surface area contributed by atoms with Crippen molar-refractivity contribution in [3.8, 4) is 5.75 Å². The average molecular weight is 502 g/mol. The number of fused-ring (bicyclic) bond motifs is 1. The van der Waals surface area contributed by atoms with Crippen molar-refractivity contribution in [2.24, 2.45) is 0 Å². The van der Waals surface area contributed by atoms with E-state index in [-0.39, 0.29) is 16.8 Å². The number of non-ortho nitro benzene ring substituents is 1. The van der Waals surface area contributed by atoms with Crippen LogP contribution in [0.4, 0.5) is 10.8 Å². The van der Waals surface area contributed by atoms with E-state index in [0.717, 1.165) is 16.3 Å². The molecule has 1 atom stereocenters. The van der Waals surface area contributed by atoms with Crippen LogP contribution in [0.3, 0.4) is 0 Å². The summed E-state index contributed by atoms with van der Waals surface area (Å²) < 4.78 is 6.18. The van der Waals surface area contributed by atoms with Crippen LogP contribution < -0.4 is 9.64 Å². The van der Waals surface area contributed by atoms with E-state index in [1.807, 2.05) is 25.1 Å². The van der Waals surface area contributed by atoms with Crippen molar-refractivity contribution in [1.29, 1.82) is 0 Å². The van der Waals surface area contributed by atoms with Gasteiger partial charge < -0.3 is 9.84 Å². The van der Waals surface area contributed by atoms with Crippen LogP contribution in [0.25, 0.3) is 16.0 Å². The molecule has 2 heterocycles. The van der Waals surface area contributed by atoms with Gasteiger partial charge in [0.2, 0.25) is 0 Å². The van der Waals surface area contributed by atoms with E-state index in [2.05, 4.69) is 4.98 Å². The number of carbonyl (C=O) groups excluding carboxylic acids is 2. The Morgan fingerprint density at radius 1 is 1.11 bits per heavy atom. The third-order valence-corrected chi connectivity index (χ3v) is 6.94. The van der Waals surface area contributed by atoms with Crippen LogP contribution in [-0.2, 0) is 9.59 Å². The molecule has 5 rings (SSSR count). The van der Waals surface area contributed by atoms with Crippen molar-refractivity contribution in [3.05, 3.63) is 99.1 Å². The molecule has 1 aliphatic rings. The zero-order chi connectivity index (χ0) is 25.6. The SMILES string of the molecule is COc1cccc(C2/C(=C(\O)c3cccc([N+](=O)[O-])c3)C(=O)C(=O)N2c2nc3ccc(C)cc3s2)c1. The van der Waals surface area contributed by atoms with Crippen LogP contribution in [0.15, 0.2) is 72.3 Å². The molecule has 1 saturated heterocycles. The number of thiazole rings is 1. The normalized spacial score (nSPS) is 17.1. The highest BCUT2D eigenvalue weighted by Crippen LogP contribution is 2.45. The van der Waals surface area contributed by atoms with E-state index in [0.29, 0.717) is 22.0 Å². The van der Waals surface area contributed by atoms with E-state index in [9.17, 15) is 24.8 Å². The van der Waals surface area contributed by atoms with Crippen LogP contribution in [0.5, 0.6) is 5.75 Å². The van der Waals surface area contributed by atoms with E-state index >= 15 is 0 Å². The second-order valence-electron chi connectivity index (χ2n) is 8.22. The maximum Gasteiger partial charge on any atom is 0.301 e. The number of hydrogen-bond acceptors (Lipinski definition) is 8. The molecule has 1 aliphatic heterocycles. The number of Topliss-reactive ketones (excluding diaryl/α,β-unsaturated/α-hetero) is 1. The van der Waals surface area contributed by atoms with E-state index in [1.165, 1.54) is 41.5 Å². The highest BCUT2D eigenvalue weighted by atomic mass is 32.1. The first-order chi connectivity index (χ1) is 17.3. The lowest BCUT2D eigenvalue weighted by molar-refractivity contribution is -0.384. The minimum absolute atomic E-state index is 0.0509. The average Bonchev–Trinajstić information content (AvgIpc) is 3.41. The number of aryl methyl sites for hydroxylation is 1. The van der Waals surface area contributed by atoms with Gasteiger partial charge in [-0.2, -0.15) is 0 Å². The molecule has 0 radical (unpaired) electrons. The molecule has 1 aromatic heterocycles. The van der Waals surface area contributed by atoms with Gasteiger partial charge in [0, 0.05) is 17.7 Å². The number of amides is 1. The van der Waals surface area contributed by atoms with Crippen LogP contribution in [0.2, 0.25) is 0 Å². The lowest BCUT2D eigenvalue weighted by atomic mass is 9.95. The van der Waals surface area contributed by atoms with E-state index in [1.54, 1.807) is 24.3 Å². The molecule has 0 saturated carbocycles. The van der Waals surface area contributed by atoms with Crippen molar-refractivity contribution in [2.75, 3.05) is 12.0 Å². The molecule has 0 spiro atoms. The predicted octanol–water partition coefficient (Wildman–Crippen LogP) is 5.15. The number of aromatic nitrogens is 1. The van der Waals surface area contributed by atoms with Crippen LogP contribution in [0.1, 0.15) is 22.7 Å². The summed E-state index contributed by atoms with van der Waals surface area (Å²) in [6.07, 6.45) is 0. The van der Waals surface area contributed by atoms with Gasteiger partial charge in [-0.25, -0.2) is 4.98 Å².